The summed E-state index contributed by atoms with van der Waals surface area (Å²) >= 11 is 1.89. The van der Waals surface area contributed by atoms with Crippen LogP contribution >= 0.6 is 11.3 Å². The van der Waals surface area contributed by atoms with E-state index in [4.69, 9.17) is 0 Å². The van der Waals surface area contributed by atoms with Gasteiger partial charge in [0.2, 0.25) is 0 Å². The van der Waals surface area contributed by atoms with Crippen LogP contribution in [0.4, 0.5) is 0 Å². The Morgan fingerprint density at radius 2 is 2.12 bits per heavy atom. The summed E-state index contributed by atoms with van der Waals surface area (Å²) in [6.07, 6.45) is 7.89. The molecule has 2 aromatic heterocycles. The van der Waals surface area contributed by atoms with Gasteiger partial charge in [0, 0.05) is 42.8 Å². The fourth-order valence-electron chi connectivity index (χ4n) is 3.40. The molecule has 1 fully saturated rings. The summed E-state index contributed by atoms with van der Waals surface area (Å²) in [5, 5.41) is 5.91. The maximum absolute atomic E-state index is 4.45. The maximum atomic E-state index is 4.45. The van der Waals surface area contributed by atoms with Crippen molar-refractivity contribution in [2.45, 2.75) is 58.7 Å². The summed E-state index contributed by atoms with van der Waals surface area (Å²) in [5.41, 5.74) is 1.48. The molecule has 1 N–H and O–H groups in total. The van der Waals surface area contributed by atoms with Crippen molar-refractivity contribution in [2.75, 3.05) is 19.6 Å². The zero-order valence-electron chi connectivity index (χ0n) is 15.0. The number of thiophene rings is 1. The Balaban J connectivity index is 1.34. The number of imidazole rings is 1. The molecule has 2 aromatic rings. The van der Waals surface area contributed by atoms with Crippen LogP contribution in [0.15, 0.2) is 23.8 Å². The van der Waals surface area contributed by atoms with Crippen LogP contribution in [0.25, 0.3) is 0 Å². The molecule has 132 valence electrons. The number of nitrogens with one attached hydrogen (secondary N) is 1. The molecule has 0 atom stereocenters. The third-order valence-corrected chi connectivity index (χ3v) is 5.61. The Hall–Kier alpha value is -1.17. The summed E-state index contributed by atoms with van der Waals surface area (Å²) in [5.74, 6) is 1.69. The molecular weight excluding hydrogens is 316 g/mol. The Morgan fingerprint density at radius 3 is 2.92 bits per heavy atom. The van der Waals surface area contributed by atoms with E-state index in [0.29, 0.717) is 5.92 Å². The second-order valence-corrected chi connectivity index (χ2v) is 8.06. The molecule has 1 saturated heterocycles. The van der Waals surface area contributed by atoms with E-state index < -0.39 is 0 Å². The Bertz CT molecular complexity index is 610. The van der Waals surface area contributed by atoms with Crippen LogP contribution < -0.4 is 5.32 Å². The van der Waals surface area contributed by atoms with E-state index in [1.807, 2.05) is 17.5 Å². The van der Waals surface area contributed by atoms with Gasteiger partial charge in [0.05, 0.1) is 0 Å². The average molecular weight is 347 g/mol. The van der Waals surface area contributed by atoms with Gasteiger partial charge in [-0.1, -0.05) is 13.8 Å². The minimum Gasteiger partial charge on any atom is -0.335 e. The van der Waals surface area contributed by atoms with Crippen LogP contribution in [0.1, 0.15) is 55.3 Å². The lowest BCUT2D eigenvalue weighted by atomic mass is 10.2. The number of aromatic nitrogens is 2. The quantitative estimate of drug-likeness (QED) is 0.700. The second-order valence-electron chi connectivity index (χ2n) is 7.07. The Morgan fingerprint density at radius 1 is 1.29 bits per heavy atom. The molecular formula is C19H30N4S. The number of likely N-dealkylation sites (tertiary alicyclic amines) is 1. The molecule has 3 rings (SSSR count). The monoisotopic (exact) mass is 346 g/mol. The van der Waals surface area contributed by atoms with Gasteiger partial charge < -0.3 is 9.88 Å². The largest absolute Gasteiger partial charge is 0.335 e. The lowest BCUT2D eigenvalue weighted by Crippen LogP contribution is -2.18. The van der Waals surface area contributed by atoms with Gasteiger partial charge in [-0.2, -0.15) is 0 Å². The van der Waals surface area contributed by atoms with E-state index in [1.165, 1.54) is 42.2 Å². The molecule has 0 aromatic carbocycles. The average Bonchev–Trinajstić information content (AvgIpc) is 3.29. The number of nitrogens with zero attached hydrogens (tertiary/aromatic N) is 3. The zero-order chi connectivity index (χ0) is 16.8. The smallest absolute Gasteiger partial charge is 0.111 e. The number of hydrogen-bond acceptors (Lipinski definition) is 4. The molecule has 0 bridgehead atoms. The third-order valence-electron chi connectivity index (χ3n) is 4.63. The van der Waals surface area contributed by atoms with Gasteiger partial charge in [-0.25, -0.2) is 4.98 Å². The van der Waals surface area contributed by atoms with Gasteiger partial charge in [-0.05, 0) is 55.9 Å². The van der Waals surface area contributed by atoms with E-state index in [0.717, 1.165) is 32.6 Å². The van der Waals surface area contributed by atoms with Gasteiger partial charge in [0.15, 0.2) is 0 Å². The van der Waals surface area contributed by atoms with Crippen LogP contribution in [0.2, 0.25) is 0 Å². The minimum atomic E-state index is 0.494. The second kappa shape index (κ2) is 8.79. The highest BCUT2D eigenvalue weighted by molar-refractivity contribution is 7.10. The molecule has 0 amide bonds. The van der Waals surface area contributed by atoms with Crippen LogP contribution in [-0.2, 0) is 19.6 Å². The van der Waals surface area contributed by atoms with E-state index in [-0.39, 0.29) is 0 Å². The SMILES string of the molecule is CC(C)c1nccn1CCCNCc1cc(CN2CCCC2)cs1. The standard InChI is InChI=1S/C19H30N4S/c1-16(2)19-21-7-11-23(19)10-5-6-20-13-18-12-17(15-24-18)14-22-8-3-4-9-22/h7,11-12,15-16,20H,3-6,8-10,13-14H2,1-2H3. The van der Waals surface area contributed by atoms with Crippen LogP contribution in [0.5, 0.6) is 0 Å². The van der Waals surface area contributed by atoms with Gasteiger partial charge in [0.25, 0.3) is 0 Å². The van der Waals surface area contributed by atoms with Crippen LogP contribution in [0.3, 0.4) is 0 Å². The molecule has 5 heteroatoms. The first-order valence-corrected chi connectivity index (χ1v) is 10.1. The Kier molecular flexibility index (Phi) is 6.46. The van der Waals surface area contributed by atoms with Crippen molar-refractivity contribution in [3.8, 4) is 0 Å². The molecule has 4 nitrogen and oxygen atoms in total. The first kappa shape index (κ1) is 17.6. The van der Waals surface area contributed by atoms with Crippen molar-refractivity contribution in [3.63, 3.8) is 0 Å². The maximum Gasteiger partial charge on any atom is 0.111 e. The first-order valence-electron chi connectivity index (χ1n) is 9.23. The molecule has 1 aliphatic rings. The van der Waals surface area contributed by atoms with E-state index >= 15 is 0 Å². The zero-order valence-corrected chi connectivity index (χ0v) is 15.8. The highest BCUT2D eigenvalue weighted by atomic mass is 32.1. The summed E-state index contributed by atoms with van der Waals surface area (Å²) in [6.45, 7) is 11.2. The summed E-state index contributed by atoms with van der Waals surface area (Å²) < 4.78 is 2.28. The predicted molar refractivity (Wildman–Crippen MR) is 101 cm³/mol. The minimum absolute atomic E-state index is 0.494. The topological polar surface area (TPSA) is 33.1 Å². The van der Waals surface area contributed by atoms with Crippen molar-refractivity contribution >= 4 is 11.3 Å². The van der Waals surface area contributed by atoms with Gasteiger partial charge >= 0.3 is 0 Å². The Labute approximate surface area is 149 Å². The van der Waals surface area contributed by atoms with Gasteiger partial charge in [-0.3, -0.25) is 4.90 Å². The molecule has 24 heavy (non-hydrogen) atoms. The first-order chi connectivity index (χ1) is 11.7. The molecule has 0 radical (unpaired) electrons. The van der Waals surface area contributed by atoms with Crippen molar-refractivity contribution in [1.82, 2.24) is 19.8 Å². The van der Waals surface area contributed by atoms with Gasteiger partial charge in [-0.15, -0.1) is 11.3 Å². The van der Waals surface area contributed by atoms with E-state index in [1.54, 1.807) is 0 Å². The van der Waals surface area contributed by atoms with E-state index in [9.17, 15) is 0 Å². The lowest BCUT2D eigenvalue weighted by molar-refractivity contribution is 0.332. The highest BCUT2D eigenvalue weighted by Gasteiger charge is 2.12. The molecule has 0 saturated carbocycles. The van der Waals surface area contributed by atoms with Crippen molar-refractivity contribution < 1.29 is 0 Å². The predicted octanol–water partition coefficient (Wildman–Crippen LogP) is 3.84. The molecule has 0 unspecified atom stereocenters. The molecule has 1 aliphatic heterocycles. The number of aryl methyl sites for hydroxylation is 1. The molecule has 0 spiro atoms. The fraction of sp³-hybridized carbons (Fsp3) is 0.632. The fourth-order valence-corrected chi connectivity index (χ4v) is 4.25. The number of hydrogen-bond donors (Lipinski definition) is 1. The molecule has 0 aliphatic carbocycles. The van der Waals surface area contributed by atoms with Crippen molar-refractivity contribution in [1.29, 1.82) is 0 Å². The molecule has 3 heterocycles. The summed E-state index contributed by atoms with van der Waals surface area (Å²) in [4.78, 5) is 8.47. The van der Waals surface area contributed by atoms with Gasteiger partial charge in [0.1, 0.15) is 5.82 Å². The van der Waals surface area contributed by atoms with Crippen LogP contribution in [-0.4, -0.2) is 34.1 Å². The number of rotatable bonds is 9. The van der Waals surface area contributed by atoms with Crippen molar-refractivity contribution in [3.05, 3.63) is 40.1 Å². The lowest BCUT2D eigenvalue weighted by Gasteiger charge is -2.12. The van der Waals surface area contributed by atoms with Crippen LogP contribution in [0, 0.1) is 0 Å². The third kappa shape index (κ3) is 4.91. The summed E-state index contributed by atoms with van der Waals surface area (Å²) in [7, 11) is 0. The van der Waals surface area contributed by atoms with Crippen molar-refractivity contribution in [2.24, 2.45) is 0 Å². The van der Waals surface area contributed by atoms with E-state index in [2.05, 4.69) is 51.3 Å². The summed E-state index contributed by atoms with van der Waals surface area (Å²) in [6, 6.07) is 2.38. The highest BCUT2D eigenvalue weighted by Crippen LogP contribution is 2.19. The normalized spacial score (nSPS) is 15.6.